The molecular weight excluding hydrogens is 310 g/mol. The summed E-state index contributed by atoms with van der Waals surface area (Å²) in [6, 6.07) is 0. The van der Waals surface area contributed by atoms with Gasteiger partial charge in [-0.2, -0.15) is 0 Å². The summed E-state index contributed by atoms with van der Waals surface area (Å²) in [5.74, 6) is 0. The molecule has 0 amide bonds. The van der Waals surface area contributed by atoms with Gasteiger partial charge < -0.3 is 0 Å². The molecule has 2 nitrogen and oxygen atoms in total. The van der Waals surface area contributed by atoms with Crippen LogP contribution in [0.1, 0.15) is 0 Å². The second-order valence-corrected chi connectivity index (χ2v) is 1.70. The smallest absolute Gasteiger partial charge is 0.133 e. The first-order chi connectivity index (χ1) is 2.91. The molecule has 0 rings (SSSR count). The van der Waals surface area contributed by atoms with E-state index in [9.17, 15) is 0 Å². The highest BCUT2D eigenvalue weighted by Crippen LogP contribution is 1.88. The van der Waals surface area contributed by atoms with Crippen molar-refractivity contribution in [3.63, 3.8) is 0 Å². The lowest BCUT2D eigenvalue weighted by molar-refractivity contribution is -0.255. The van der Waals surface area contributed by atoms with Gasteiger partial charge >= 0.3 is 0 Å². The van der Waals surface area contributed by atoms with Crippen LogP contribution in [-0.4, -0.2) is 9.23 Å². The van der Waals surface area contributed by atoms with Gasteiger partial charge in [-0.1, -0.05) is 45.2 Å². The fraction of sp³-hybridized carbons (Fsp3) is 1.00. The maximum atomic E-state index is 4.46. The van der Waals surface area contributed by atoms with Crippen LogP contribution in [-0.2, 0) is 9.78 Å². The van der Waals surface area contributed by atoms with E-state index in [4.69, 9.17) is 0 Å². The third-order valence-electron chi connectivity index (χ3n) is 0.172. The lowest BCUT2D eigenvalue weighted by Gasteiger charge is -1.90. The summed E-state index contributed by atoms with van der Waals surface area (Å²) in [6.07, 6.45) is 0. The molecule has 0 bridgehead atoms. The van der Waals surface area contributed by atoms with E-state index >= 15 is 0 Å². The fourth-order valence-electron chi connectivity index (χ4n) is 0.0630. The van der Waals surface area contributed by atoms with Crippen LogP contribution in [0.5, 0.6) is 0 Å². The van der Waals surface area contributed by atoms with Crippen molar-refractivity contribution in [3.8, 4) is 0 Å². The molecule has 6 heavy (non-hydrogen) atoms. The molecule has 4 heteroatoms. The van der Waals surface area contributed by atoms with Crippen molar-refractivity contribution in [2.45, 2.75) is 0 Å². The summed E-state index contributed by atoms with van der Waals surface area (Å²) in [7, 11) is 0. The lowest BCUT2D eigenvalue weighted by atomic mass is 11.7. The minimum absolute atomic E-state index is 0.598. The minimum atomic E-state index is 0.598. The average Bonchev–Trinajstić information content (AvgIpc) is 1.61. The summed E-state index contributed by atoms with van der Waals surface area (Å²) < 4.78 is 1.20. The highest BCUT2D eigenvalue weighted by atomic mass is 127. The van der Waals surface area contributed by atoms with E-state index in [1.165, 1.54) is 0 Å². The van der Waals surface area contributed by atoms with Crippen LogP contribution in [0.25, 0.3) is 0 Å². The Balaban J connectivity index is 2.34. The van der Waals surface area contributed by atoms with Crippen molar-refractivity contribution < 1.29 is 9.78 Å². The Kier molecular flexibility index (Phi) is 7.85. The molecule has 0 saturated heterocycles. The quantitative estimate of drug-likeness (QED) is 0.260. The van der Waals surface area contributed by atoms with E-state index in [0.717, 1.165) is 0 Å². The highest BCUT2D eigenvalue weighted by Gasteiger charge is 1.74. The van der Waals surface area contributed by atoms with Gasteiger partial charge in [-0.05, 0) is 0 Å². The second-order valence-electron chi connectivity index (χ2n) is 0.454. The van der Waals surface area contributed by atoms with Crippen LogP contribution in [0.4, 0.5) is 0 Å². The van der Waals surface area contributed by atoms with Gasteiger partial charge in [-0.3, -0.25) is 0 Å². The number of halogens is 2. The molecule has 38 valence electrons. The van der Waals surface area contributed by atoms with Crippen LogP contribution >= 0.6 is 45.2 Å². The molecule has 0 aromatic carbocycles. The largest absolute Gasteiger partial charge is 0.225 e. The Morgan fingerprint density at radius 2 is 1.33 bits per heavy atom. The Morgan fingerprint density at radius 1 is 1.00 bits per heavy atom. The molecule has 0 atom stereocenters. The monoisotopic (exact) mass is 314 g/mol. The summed E-state index contributed by atoms with van der Waals surface area (Å²) in [5, 5.41) is 0. The summed E-state index contributed by atoms with van der Waals surface area (Å²) in [4.78, 5) is 8.92. The summed E-state index contributed by atoms with van der Waals surface area (Å²) in [6.45, 7) is 0. The fourth-order valence-corrected chi connectivity index (χ4v) is 0.423. The standard InChI is InChI=1S/C2H4I2O2/c3-1-5-6-2-4/h1-2H2. The van der Waals surface area contributed by atoms with Crippen molar-refractivity contribution >= 4 is 45.2 Å². The van der Waals surface area contributed by atoms with Gasteiger partial charge in [0.15, 0.2) is 0 Å². The van der Waals surface area contributed by atoms with Crippen molar-refractivity contribution in [3.05, 3.63) is 0 Å². The third-order valence-corrected chi connectivity index (χ3v) is 0.681. The molecule has 0 aliphatic rings. The van der Waals surface area contributed by atoms with E-state index in [1.54, 1.807) is 0 Å². The number of hydrogen-bond donors (Lipinski definition) is 0. The topological polar surface area (TPSA) is 18.5 Å². The molecule has 0 aliphatic carbocycles. The van der Waals surface area contributed by atoms with Crippen LogP contribution in [0.15, 0.2) is 0 Å². The summed E-state index contributed by atoms with van der Waals surface area (Å²) >= 11 is 4.12. The molecule has 0 heterocycles. The van der Waals surface area contributed by atoms with Crippen molar-refractivity contribution in [2.24, 2.45) is 0 Å². The Hall–Kier alpha value is 1.38. The molecule has 0 radical (unpaired) electrons. The molecule has 0 aromatic rings. The first-order valence-corrected chi connectivity index (χ1v) is 4.33. The molecule has 0 saturated carbocycles. The van der Waals surface area contributed by atoms with E-state index in [0.29, 0.717) is 9.23 Å². The second kappa shape index (κ2) is 6.38. The van der Waals surface area contributed by atoms with Crippen LogP contribution < -0.4 is 0 Å². The average molecular weight is 314 g/mol. The van der Waals surface area contributed by atoms with Gasteiger partial charge in [-0.15, -0.1) is 0 Å². The highest BCUT2D eigenvalue weighted by molar-refractivity contribution is 14.1. The van der Waals surface area contributed by atoms with Crippen LogP contribution in [0.3, 0.4) is 0 Å². The predicted molar refractivity (Wildman–Crippen MR) is 39.9 cm³/mol. The van der Waals surface area contributed by atoms with Crippen LogP contribution in [0.2, 0.25) is 0 Å². The van der Waals surface area contributed by atoms with E-state index in [-0.39, 0.29) is 0 Å². The van der Waals surface area contributed by atoms with Crippen molar-refractivity contribution in [1.29, 1.82) is 0 Å². The van der Waals surface area contributed by atoms with Gasteiger partial charge in [0.05, 0.1) is 0 Å². The molecule has 0 fully saturated rings. The van der Waals surface area contributed by atoms with Gasteiger partial charge in [0.25, 0.3) is 0 Å². The molecule has 0 N–H and O–H groups in total. The van der Waals surface area contributed by atoms with Gasteiger partial charge in [0.1, 0.15) is 9.23 Å². The third kappa shape index (κ3) is 5.38. The zero-order chi connectivity index (χ0) is 4.83. The van der Waals surface area contributed by atoms with Gasteiger partial charge in [0.2, 0.25) is 0 Å². The molecule has 0 aliphatic heterocycles. The first-order valence-electron chi connectivity index (χ1n) is 1.28. The van der Waals surface area contributed by atoms with E-state index < -0.39 is 0 Å². The molecule has 0 unspecified atom stereocenters. The number of hydrogen-bond acceptors (Lipinski definition) is 2. The number of rotatable bonds is 3. The normalized spacial score (nSPS) is 9.00. The van der Waals surface area contributed by atoms with Crippen molar-refractivity contribution in [2.75, 3.05) is 9.23 Å². The first kappa shape index (κ1) is 7.38. The van der Waals surface area contributed by atoms with E-state index in [1.807, 2.05) is 0 Å². The maximum Gasteiger partial charge on any atom is 0.133 e. The Labute approximate surface area is 63.8 Å². The van der Waals surface area contributed by atoms with Crippen LogP contribution in [0, 0.1) is 0 Å². The van der Waals surface area contributed by atoms with Gasteiger partial charge in [0, 0.05) is 0 Å². The Bertz CT molecular complexity index is 21.5. The maximum absolute atomic E-state index is 4.46. The zero-order valence-corrected chi connectivity index (χ0v) is 7.30. The molecular formula is C2H4I2O2. The van der Waals surface area contributed by atoms with Crippen molar-refractivity contribution in [1.82, 2.24) is 0 Å². The SMILES string of the molecule is ICOOCI. The number of alkyl halides is 2. The molecule has 0 spiro atoms. The van der Waals surface area contributed by atoms with Gasteiger partial charge in [-0.25, -0.2) is 9.78 Å². The predicted octanol–water partition coefficient (Wildman–Crippen LogP) is 1.72. The Morgan fingerprint density at radius 3 is 1.50 bits per heavy atom. The summed E-state index contributed by atoms with van der Waals surface area (Å²) in [5.41, 5.74) is 0. The van der Waals surface area contributed by atoms with E-state index in [2.05, 4.69) is 55.0 Å². The zero-order valence-electron chi connectivity index (χ0n) is 2.99. The minimum Gasteiger partial charge on any atom is -0.225 e. The lowest BCUT2D eigenvalue weighted by Crippen LogP contribution is -1.85. The molecule has 0 aromatic heterocycles.